The van der Waals surface area contributed by atoms with Crippen LogP contribution in [0.4, 0.5) is 17.6 Å². The molecule has 2 aromatic heterocycles. The second-order valence-corrected chi connectivity index (χ2v) is 9.56. The largest absolute Gasteiger partial charge is 1.00 e. The van der Waals surface area contributed by atoms with Gasteiger partial charge >= 0.3 is 6.18 Å². The van der Waals surface area contributed by atoms with Gasteiger partial charge in [-0.05, 0) is 61.0 Å². The van der Waals surface area contributed by atoms with Crippen molar-refractivity contribution in [2.24, 2.45) is 0 Å². The van der Waals surface area contributed by atoms with Crippen LogP contribution in [0.5, 0.6) is 0 Å². The quantitative estimate of drug-likeness (QED) is 0.271. The molecule has 0 aliphatic rings. The van der Waals surface area contributed by atoms with E-state index in [0.717, 1.165) is 12.1 Å². The molecule has 216 valence electrons. The number of amides is 1. The summed E-state index contributed by atoms with van der Waals surface area (Å²) in [4.78, 5) is 36.9. The summed E-state index contributed by atoms with van der Waals surface area (Å²) in [5.74, 6) is -0.613. The number of para-hydroxylation sites is 1. The van der Waals surface area contributed by atoms with E-state index < -0.39 is 23.6 Å². The molecule has 1 unspecified atom stereocenters. The van der Waals surface area contributed by atoms with Gasteiger partial charge in [0.25, 0.3) is 5.56 Å². The van der Waals surface area contributed by atoms with Crippen molar-refractivity contribution >= 4 is 16.8 Å². The van der Waals surface area contributed by atoms with Crippen molar-refractivity contribution < 1.29 is 39.7 Å². The molecule has 1 amide bonds. The smallest absolute Gasteiger partial charge is 0.416 e. The Morgan fingerprint density at radius 1 is 0.952 bits per heavy atom. The maximum absolute atomic E-state index is 13.8. The molecule has 6 nitrogen and oxygen atoms in total. The van der Waals surface area contributed by atoms with Gasteiger partial charge in [0.15, 0.2) is 11.9 Å². The van der Waals surface area contributed by atoms with Crippen LogP contribution in [0.2, 0.25) is 0 Å². The SMILES string of the molecule is CC(c1nc2ccccc2c(=O)n1-c1ccc(F)cc1)N(Cc1cccc[nH+]1)C(=O)Cc1ccc(C(F)(F)F)cc1.[Cl-]. The Morgan fingerprint density at radius 3 is 2.26 bits per heavy atom. The van der Waals surface area contributed by atoms with Gasteiger partial charge in [-0.15, -0.1) is 0 Å². The molecule has 0 aliphatic heterocycles. The molecule has 5 aromatic rings. The summed E-state index contributed by atoms with van der Waals surface area (Å²) in [7, 11) is 0. The van der Waals surface area contributed by atoms with Crippen molar-refractivity contribution in [3.63, 3.8) is 0 Å². The zero-order chi connectivity index (χ0) is 29.1. The number of pyridine rings is 1. The van der Waals surface area contributed by atoms with Gasteiger partial charge in [0.05, 0.1) is 34.6 Å². The topological polar surface area (TPSA) is 69.3 Å². The number of fused-ring (bicyclic) bond motifs is 1. The second-order valence-electron chi connectivity index (χ2n) is 9.56. The van der Waals surface area contributed by atoms with E-state index in [1.807, 2.05) is 0 Å². The molecular weight excluding hydrogens is 572 g/mol. The Bertz CT molecular complexity index is 1740. The number of nitrogens with zero attached hydrogens (tertiary/aromatic N) is 3. The predicted molar refractivity (Wildman–Crippen MR) is 144 cm³/mol. The lowest BCUT2D eigenvalue weighted by molar-refractivity contribution is -0.392. The van der Waals surface area contributed by atoms with E-state index in [-0.39, 0.29) is 42.7 Å². The molecular formula is C31H25ClF4N4O2. The molecule has 0 saturated carbocycles. The first-order valence-corrected chi connectivity index (χ1v) is 12.8. The first-order valence-electron chi connectivity index (χ1n) is 12.8. The fraction of sp³-hybridized carbons (Fsp3) is 0.161. The van der Waals surface area contributed by atoms with Crippen molar-refractivity contribution in [1.82, 2.24) is 14.5 Å². The monoisotopic (exact) mass is 596 g/mol. The van der Waals surface area contributed by atoms with E-state index >= 15 is 0 Å². The maximum Gasteiger partial charge on any atom is 0.416 e. The van der Waals surface area contributed by atoms with Crippen LogP contribution < -0.4 is 23.0 Å². The van der Waals surface area contributed by atoms with Gasteiger partial charge < -0.3 is 17.3 Å². The number of rotatable bonds is 7. The Kier molecular flexibility index (Phi) is 9.06. The van der Waals surface area contributed by atoms with Crippen LogP contribution in [0.1, 0.15) is 35.6 Å². The molecule has 5 rings (SSSR count). The third-order valence-electron chi connectivity index (χ3n) is 6.80. The highest BCUT2D eigenvalue weighted by atomic mass is 35.5. The van der Waals surface area contributed by atoms with Crippen molar-refractivity contribution in [2.45, 2.75) is 32.1 Å². The number of hydrogen-bond acceptors (Lipinski definition) is 3. The number of carbonyl (C=O) groups is 1. The average molecular weight is 597 g/mol. The number of hydrogen-bond donors (Lipinski definition) is 0. The van der Waals surface area contributed by atoms with Crippen LogP contribution in [-0.4, -0.2) is 20.4 Å². The van der Waals surface area contributed by atoms with Crippen molar-refractivity contribution in [3.05, 3.63) is 136 Å². The number of benzene rings is 3. The average Bonchev–Trinajstić information content (AvgIpc) is 2.96. The standard InChI is InChI=1S/C31H24F4N4O2.ClH/c1-20(29-37-27-8-3-2-7-26(27)30(41)39(29)25-15-13-23(32)14-16-25)38(19-24-6-4-5-17-36-24)28(40)18-21-9-11-22(12-10-21)31(33,34)35;/h2-17,20H,18-19H2,1H3;1H. The summed E-state index contributed by atoms with van der Waals surface area (Å²) in [5, 5.41) is 0.354. The first kappa shape index (κ1) is 30.4. The van der Waals surface area contributed by atoms with Crippen LogP contribution in [0.25, 0.3) is 16.6 Å². The van der Waals surface area contributed by atoms with E-state index in [0.29, 0.717) is 27.8 Å². The lowest BCUT2D eigenvalue weighted by Gasteiger charge is -2.29. The molecule has 1 N–H and O–H groups in total. The van der Waals surface area contributed by atoms with Crippen molar-refractivity contribution in [1.29, 1.82) is 0 Å². The maximum atomic E-state index is 13.8. The number of carbonyl (C=O) groups excluding carboxylic acids is 1. The third kappa shape index (κ3) is 6.49. The van der Waals surface area contributed by atoms with Crippen LogP contribution in [0.3, 0.4) is 0 Å². The molecule has 3 aromatic carbocycles. The molecule has 42 heavy (non-hydrogen) atoms. The second kappa shape index (κ2) is 12.5. The van der Waals surface area contributed by atoms with E-state index in [9.17, 15) is 27.2 Å². The van der Waals surface area contributed by atoms with Gasteiger partial charge in [0, 0.05) is 12.1 Å². The van der Waals surface area contributed by atoms with Crippen LogP contribution in [0, 0.1) is 5.82 Å². The van der Waals surface area contributed by atoms with Gasteiger partial charge in [-0.2, -0.15) is 13.2 Å². The molecule has 0 bridgehead atoms. The van der Waals surface area contributed by atoms with E-state index in [1.165, 1.54) is 45.9 Å². The number of halogens is 5. The third-order valence-corrected chi connectivity index (χ3v) is 6.80. The highest BCUT2D eigenvalue weighted by molar-refractivity contribution is 5.80. The fourth-order valence-electron chi connectivity index (χ4n) is 4.65. The van der Waals surface area contributed by atoms with Crippen LogP contribution >= 0.6 is 0 Å². The minimum Gasteiger partial charge on any atom is -1.00 e. The Morgan fingerprint density at radius 2 is 1.62 bits per heavy atom. The summed E-state index contributed by atoms with van der Waals surface area (Å²) in [6.07, 6.45) is -2.96. The molecule has 0 saturated heterocycles. The molecule has 11 heteroatoms. The lowest BCUT2D eigenvalue weighted by atomic mass is 10.1. The zero-order valence-corrected chi connectivity index (χ0v) is 23.0. The van der Waals surface area contributed by atoms with Crippen molar-refractivity contribution in [3.8, 4) is 5.69 Å². The van der Waals surface area contributed by atoms with E-state index in [4.69, 9.17) is 4.98 Å². The zero-order valence-electron chi connectivity index (χ0n) is 22.3. The number of aromatic amines is 1. The van der Waals surface area contributed by atoms with E-state index in [1.54, 1.807) is 55.6 Å². The number of H-pyrrole nitrogens is 1. The van der Waals surface area contributed by atoms with Crippen molar-refractivity contribution in [2.75, 3.05) is 0 Å². The number of nitrogens with one attached hydrogen (secondary N) is 1. The van der Waals surface area contributed by atoms with Gasteiger partial charge in [0.1, 0.15) is 18.2 Å². The van der Waals surface area contributed by atoms with Gasteiger partial charge in [-0.25, -0.2) is 14.4 Å². The number of aromatic nitrogens is 3. The summed E-state index contributed by atoms with van der Waals surface area (Å²) in [6.45, 7) is 1.83. The highest BCUT2D eigenvalue weighted by Crippen LogP contribution is 2.30. The fourth-order valence-corrected chi connectivity index (χ4v) is 4.65. The van der Waals surface area contributed by atoms with Gasteiger partial charge in [0.2, 0.25) is 5.91 Å². The van der Waals surface area contributed by atoms with Crippen LogP contribution in [0.15, 0.2) is 102 Å². The van der Waals surface area contributed by atoms with E-state index in [2.05, 4.69) is 4.98 Å². The summed E-state index contributed by atoms with van der Waals surface area (Å²) in [5.41, 5.74) is 0.709. The predicted octanol–water partition coefficient (Wildman–Crippen LogP) is 2.69. The van der Waals surface area contributed by atoms with Gasteiger partial charge in [-0.3, -0.25) is 14.2 Å². The molecule has 0 aliphatic carbocycles. The molecule has 0 fully saturated rings. The molecule has 2 heterocycles. The Hall–Kier alpha value is -4.57. The summed E-state index contributed by atoms with van der Waals surface area (Å²) >= 11 is 0. The molecule has 1 atom stereocenters. The normalized spacial score (nSPS) is 12.0. The first-order chi connectivity index (χ1) is 19.6. The minimum absolute atomic E-state index is 0. The highest BCUT2D eigenvalue weighted by Gasteiger charge is 2.31. The lowest BCUT2D eigenvalue weighted by Crippen LogP contribution is -3.00. The van der Waals surface area contributed by atoms with Gasteiger partial charge in [-0.1, -0.05) is 30.3 Å². The number of alkyl halides is 3. The minimum atomic E-state index is -4.49. The Labute approximate surface area is 244 Å². The molecule has 0 radical (unpaired) electrons. The Balaban J connectivity index is 0.00000405. The van der Waals surface area contributed by atoms with Crippen LogP contribution in [-0.2, 0) is 23.9 Å². The molecule has 0 spiro atoms. The summed E-state index contributed by atoms with van der Waals surface area (Å²) in [6, 6.07) is 21.3. The summed E-state index contributed by atoms with van der Waals surface area (Å²) < 4.78 is 54.3.